The van der Waals surface area contributed by atoms with Gasteiger partial charge in [0.15, 0.2) is 5.11 Å². The topological polar surface area (TPSA) is 63.5 Å². The maximum Gasteiger partial charge on any atom is 0.184 e. The van der Waals surface area contributed by atoms with Crippen LogP contribution in [0.15, 0.2) is 39.9 Å². The number of nitrogens with zero attached hydrogens (tertiary/aromatic N) is 1. The molecule has 2 rings (SSSR count). The number of thiocarbonyl (C=S) groups is 1. The first-order valence-electron chi connectivity index (χ1n) is 4.33. The van der Waals surface area contributed by atoms with Crippen LogP contribution < -0.4 is 11.2 Å². The van der Waals surface area contributed by atoms with Crippen LogP contribution >= 0.6 is 12.2 Å². The van der Waals surface area contributed by atoms with Gasteiger partial charge in [0.2, 0.25) is 0 Å². The van der Waals surface area contributed by atoms with Gasteiger partial charge in [-0.1, -0.05) is 18.2 Å². The van der Waals surface area contributed by atoms with Gasteiger partial charge in [0.1, 0.15) is 11.3 Å². The molecule has 0 aliphatic carbocycles. The molecule has 0 atom stereocenters. The van der Waals surface area contributed by atoms with Gasteiger partial charge in [-0.3, -0.25) is 5.43 Å². The monoisotopic (exact) mass is 219 g/mol. The van der Waals surface area contributed by atoms with E-state index in [0.717, 1.165) is 11.0 Å². The minimum absolute atomic E-state index is 0.127. The lowest BCUT2D eigenvalue weighted by molar-refractivity contribution is 0.607. The van der Waals surface area contributed by atoms with E-state index in [1.807, 2.05) is 30.3 Å². The van der Waals surface area contributed by atoms with Crippen LogP contribution in [0.25, 0.3) is 11.0 Å². The Labute approximate surface area is 91.8 Å². The number of para-hydroxylation sites is 1. The van der Waals surface area contributed by atoms with Gasteiger partial charge >= 0.3 is 0 Å². The average molecular weight is 219 g/mol. The third kappa shape index (κ3) is 2.32. The first kappa shape index (κ1) is 9.67. The van der Waals surface area contributed by atoms with Gasteiger partial charge in [0.25, 0.3) is 0 Å². The fourth-order valence-electron chi connectivity index (χ4n) is 1.23. The van der Waals surface area contributed by atoms with Crippen LogP contribution in [0.2, 0.25) is 0 Å². The highest BCUT2D eigenvalue weighted by molar-refractivity contribution is 7.80. The van der Waals surface area contributed by atoms with E-state index in [1.54, 1.807) is 0 Å². The van der Waals surface area contributed by atoms with Crippen LogP contribution in [0.5, 0.6) is 0 Å². The highest BCUT2D eigenvalue weighted by atomic mass is 32.1. The van der Waals surface area contributed by atoms with Crippen molar-refractivity contribution in [2.24, 2.45) is 10.8 Å². The van der Waals surface area contributed by atoms with Crippen molar-refractivity contribution in [1.29, 1.82) is 0 Å². The van der Waals surface area contributed by atoms with Crippen molar-refractivity contribution in [3.8, 4) is 0 Å². The summed E-state index contributed by atoms with van der Waals surface area (Å²) in [7, 11) is 0. The van der Waals surface area contributed by atoms with Gasteiger partial charge in [0.05, 0.1) is 6.21 Å². The summed E-state index contributed by atoms with van der Waals surface area (Å²) < 4.78 is 5.48. The number of hydrazone groups is 1. The fourth-order valence-corrected chi connectivity index (χ4v) is 1.28. The van der Waals surface area contributed by atoms with Gasteiger partial charge < -0.3 is 10.2 Å². The molecular weight excluding hydrogens is 210 g/mol. The molecule has 0 saturated carbocycles. The zero-order chi connectivity index (χ0) is 10.7. The van der Waals surface area contributed by atoms with E-state index in [-0.39, 0.29) is 5.11 Å². The molecule has 4 nitrogen and oxygen atoms in total. The van der Waals surface area contributed by atoms with Crippen molar-refractivity contribution in [3.63, 3.8) is 0 Å². The molecule has 76 valence electrons. The van der Waals surface area contributed by atoms with E-state index in [4.69, 9.17) is 10.2 Å². The van der Waals surface area contributed by atoms with Crippen LogP contribution in [0.4, 0.5) is 0 Å². The number of furan rings is 1. The maximum absolute atomic E-state index is 5.48. The minimum Gasteiger partial charge on any atom is -0.455 e. The van der Waals surface area contributed by atoms with Gasteiger partial charge in [-0.25, -0.2) is 0 Å². The summed E-state index contributed by atoms with van der Waals surface area (Å²) in [4.78, 5) is 0. The zero-order valence-corrected chi connectivity index (χ0v) is 8.62. The molecule has 2 aromatic rings. The van der Waals surface area contributed by atoms with E-state index >= 15 is 0 Å². The Kier molecular flexibility index (Phi) is 2.64. The van der Waals surface area contributed by atoms with Crippen LogP contribution in [0.1, 0.15) is 5.76 Å². The molecule has 0 aliphatic heterocycles. The second-order valence-corrected chi connectivity index (χ2v) is 3.36. The average Bonchev–Trinajstić information content (AvgIpc) is 2.59. The van der Waals surface area contributed by atoms with Crippen molar-refractivity contribution in [1.82, 2.24) is 5.43 Å². The summed E-state index contributed by atoms with van der Waals surface area (Å²) in [5, 5.41) is 4.96. The van der Waals surface area contributed by atoms with Crippen molar-refractivity contribution < 1.29 is 4.42 Å². The quantitative estimate of drug-likeness (QED) is 0.457. The number of benzene rings is 1. The Bertz CT molecular complexity index is 485. The Hall–Kier alpha value is -1.88. The van der Waals surface area contributed by atoms with Gasteiger partial charge in [-0.05, 0) is 24.4 Å². The van der Waals surface area contributed by atoms with E-state index < -0.39 is 0 Å². The Morgan fingerprint density at radius 2 is 2.27 bits per heavy atom. The number of nitrogens with two attached hydrogens (primary N) is 1. The molecule has 15 heavy (non-hydrogen) atoms. The van der Waals surface area contributed by atoms with Crippen molar-refractivity contribution in [2.75, 3.05) is 0 Å². The van der Waals surface area contributed by atoms with Gasteiger partial charge in [0, 0.05) is 5.39 Å². The molecule has 0 fully saturated rings. The molecule has 1 aromatic heterocycles. The normalized spacial score (nSPS) is 10.9. The smallest absolute Gasteiger partial charge is 0.184 e. The second-order valence-electron chi connectivity index (χ2n) is 2.92. The van der Waals surface area contributed by atoms with Gasteiger partial charge in [-0.2, -0.15) is 5.10 Å². The number of nitrogens with one attached hydrogen (secondary N) is 1. The van der Waals surface area contributed by atoms with E-state index in [9.17, 15) is 0 Å². The summed E-state index contributed by atoms with van der Waals surface area (Å²) in [6, 6.07) is 9.62. The van der Waals surface area contributed by atoms with Gasteiger partial charge in [-0.15, -0.1) is 0 Å². The van der Waals surface area contributed by atoms with Crippen molar-refractivity contribution in [2.45, 2.75) is 0 Å². The van der Waals surface area contributed by atoms with Crippen LogP contribution in [-0.2, 0) is 0 Å². The molecule has 0 saturated heterocycles. The molecule has 1 aromatic carbocycles. The molecule has 0 spiro atoms. The van der Waals surface area contributed by atoms with E-state index in [0.29, 0.717) is 5.76 Å². The van der Waals surface area contributed by atoms with Crippen molar-refractivity contribution in [3.05, 3.63) is 36.1 Å². The molecule has 5 heteroatoms. The summed E-state index contributed by atoms with van der Waals surface area (Å²) in [6.07, 6.45) is 1.53. The lowest BCUT2D eigenvalue weighted by Gasteiger charge is -1.91. The first-order chi connectivity index (χ1) is 7.25. The summed E-state index contributed by atoms with van der Waals surface area (Å²) >= 11 is 4.60. The van der Waals surface area contributed by atoms with Crippen LogP contribution in [0.3, 0.4) is 0 Å². The zero-order valence-electron chi connectivity index (χ0n) is 7.81. The number of hydrogen-bond donors (Lipinski definition) is 2. The summed E-state index contributed by atoms with van der Waals surface area (Å²) in [5.74, 6) is 0.653. The molecule has 1 heterocycles. The fraction of sp³-hybridized carbons (Fsp3) is 0. The Balaban J connectivity index is 2.22. The maximum atomic E-state index is 5.48. The number of hydrogen-bond acceptors (Lipinski definition) is 3. The standard InChI is InChI=1S/C10H9N3OS/c11-10(15)13-12-6-8-5-7-3-1-2-4-9(7)14-8/h1-6H,(H3,11,13,15). The Morgan fingerprint density at radius 1 is 1.47 bits per heavy atom. The highest BCUT2D eigenvalue weighted by Gasteiger charge is 1.99. The summed E-state index contributed by atoms with van der Waals surface area (Å²) in [6.45, 7) is 0. The third-order valence-electron chi connectivity index (χ3n) is 1.81. The molecule has 0 radical (unpaired) electrons. The number of rotatable bonds is 2. The largest absolute Gasteiger partial charge is 0.455 e. The van der Waals surface area contributed by atoms with E-state index in [1.165, 1.54) is 6.21 Å². The number of fused-ring (bicyclic) bond motifs is 1. The lowest BCUT2D eigenvalue weighted by Crippen LogP contribution is -2.23. The second kappa shape index (κ2) is 4.10. The van der Waals surface area contributed by atoms with E-state index in [2.05, 4.69) is 22.7 Å². The molecule has 0 aliphatic rings. The molecule has 0 bridgehead atoms. The van der Waals surface area contributed by atoms with Crippen LogP contribution in [-0.4, -0.2) is 11.3 Å². The third-order valence-corrected chi connectivity index (χ3v) is 1.90. The lowest BCUT2D eigenvalue weighted by atomic mass is 10.2. The minimum atomic E-state index is 0.127. The van der Waals surface area contributed by atoms with Crippen molar-refractivity contribution >= 4 is 34.5 Å². The predicted octanol–water partition coefficient (Wildman–Crippen LogP) is 1.60. The molecule has 0 amide bonds. The molecule has 0 unspecified atom stereocenters. The SMILES string of the molecule is NC(=S)NN=Cc1cc2ccccc2o1. The highest BCUT2D eigenvalue weighted by Crippen LogP contribution is 2.17. The predicted molar refractivity (Wildman–Crippen MR) is 63.7 cm³/mol. The van der Waals surface area contributed by atoms with Crippen LogP contribution in [0, 0.1) is 0 Å². The first-order valence-corrected chi connectivity index (χ1v) is 4.73. The Morgan fingerprint density at radius 3 is 3.00 bits per heavy atom. The summed E-state index contributed by atoms with van der Waals surface area (Å²) in [5.41, 5.74) is 8.49. The molecular formula is C10H9N3OS. The molecule has 3 N–H and O–H groups in total.